The molecule has 0 aliphatic carbocycles. The molecule has 2 aromatic carbocycles. The van der Waals surface area contributed by atoms with Crippen molar-refractivity contribution in [2.45, 2.75) is 6.92 Å². The van der Waals surface area contributed by atoms with Crippen molar-refractivity contribution in [2.75, 3.05) is 5.32 Å². The van der Waals surface area contributed by atoms with Gasteiger partial charge < -0.3 is 9.73 Å². The second-order valence-electron chi connectivity index (χ2n) is 4.67. The van der Waals surface area contributed by atoms with Crippen molar-refractivity contribution in [2.24, 2.45) is 0 Å². The van der Waals surface area contributed by atoms with E-state index in [-0.39, 0.29) is 5.91 Å². The van der Waals surface area contributed by atoms with Gasteiger partial charge in [0.05, 0.1) is 17.2 Å². The van der Waals surface area contributed by atoms with Gasteiger partial charge in [0.15, 0.2) is 0 Å². The highest BCUT2D eigenvalue weighted by molar-refractivity contribution is 6.13. The number of hydrogen-bond acceptors (Lipinski definition) is 3. The molecule has 0 fully saturated rings. The number of nitriles is 1. The van der Waals surface area contributed by atoms with Gasteiger partial charge in [0.2, 0.25) is 0 Å². The number of carbonyl (C=O) groups excluding carboxylic acids is 1. The highest BCUT2D eigenvalue weighted by Gasteiger charge is 2.17. The van der Waals surface area contributed by atoms with Crippen molar-refractivity contribution in [1.29, 1.82) is 5.26 Å². The van der Waals surface area contributed by atoms with Gasteiger partial charge in [-0.25, -0.2) is 0 Å². The Morgan fingerprint density at radius 1 is 1.14 bits per heavy atom. The fourth-order valence-electron chi connectivity index (χ4n) is 2.27. The first kappa shape index (κ1) is 12.9. The average molecular weight is 276 g/mol. The standard InChI is InChI=1S/C17H12N2O2/c1-11-16(14-4-2-3-5-15(14)21-11)17(20)19-13-8-6-12(10-18)7-9-13/h2-9H,1H3,(H,19,20). The Morgan fingerprint density at radius 2 is 1.86 bits per heavy atom. The van der Waals surface area contributed by atoms with Crippen LogP contribution in [-0.2, 0) is 0 Å². The summed E-state index contributed by atoms with van der Waals surface area (Å²) in [5.74, 6) is 0.365. The largest absolute Gasteiger partial charge is 0.461 e. The molecule has 4 heteroatoms. The molecule has 0 spiro atoms. The normalized spacial score (nSPS) is 10.3. The Kier molecular flexibility index (Phi) is 3.17. The summed E-state index contributed by atoms with van der Waals surface area (Å²) in [5, 5.41) is 12.4. The third-order valence-electron chi connectivity index (χ3n) is 3.27. The van der Waals surface area contributed by atoms with Gasteiger partial charge in [-0.15, -0.1) is 0 Å². The number of para-hydroxylation sites is 1. The first-order valence-electron chi connectivity index (χ1n) is 6.48. The molecule has 0 radical (unpaired) electrons. The Balaban J connectivity index is 1.93. The van der Waals surface area contributed by atoms with E-state index in [1.54, 1.807) is 31.2 Å². The molecular formula is C17H12N2O2. The van der Waals surface area contributed by atoms with Crippen LogP contribution in [0.2, 0.25) is 0 Å². The van der Waals surface area contributed by atoms with E-state index in [0.29, 0.717) is 28.2 Å². The van der Waals surface area contributed by atoms with Gasteiger partial charge in [0, 0.05) is 11.1 Å². The van der Waals surface area contributed by atoms with Gasteiger partial charge in [-0.3, -0.25) is 4.79 Å². The summed E-state index contributed by atoms with van der Waals surface area (Å²) in [6.07, 6.45) is 0. The van der Waals surface area contributed by atoms with Crippen molar-refractivity contribution in [3.05, 3.63) is 65.4 Å². The fourth-order valence-corrected chi connectivity index (χ4v) is 2.27. The minimum Gasteiger partial charge on any atom is -0.461 e. The lowest BCUT2D eigenvalue weighted by Crippen LogP contribution is -2.12. The number of fused-ring (bicyclic) bond motifs is 1. The molecule has 0 unspecified atom stereocenters. The van der Waals surface area contributed by atoms with Crippen LogP contribution in [-0.4, -0.2) is 5.91 Å². The first-order chi connectivity index (χ1) is 10.2. The van der Waals surface area contributed by atoms with E-state index in [1.807, 2.05) is 30.3 Å². The fraction of sp³-hybridized carbons (Fsp3) is 0.0588. The third kappa shape index (κ3) is 2.37. The molecule has 102 valence electrons. The summed E-state index contributed by atoms with van der Waals surface area (Å²) in [7, 11) is 0. The minimum atomic E-state index is -0.220. The molecule has 0 bridgehead atoms. The number of rotatable bonds is 2. The average Bonchev–Trinajstić information content (AvgIpc) is 2.83. The van der Waals surface area contributed by atoms with Crippen molar-refractivity contribution in [3.8, 4) is 6.07 Å². The molecule has 3 rings (SSSR count). The number of benzene rings is 2. The number of anilines is 1. The Morgan fingerprint density at radius 3 is 2.57 bits per heavy atom. The van der Waals surface area contributed by atoms with E-state index in [2.05, 4.69) is 5.32 Å². The lowest BCUT2D eigenvalue weighted by Gasteiger charge is -2.04. The summed E-state index contributed by atoms with van der Waals surface area (Å²) in [5.41, 5.74) is 2.43. The highest BCUT2D eigenvalue weighted by atomic mass is 16.3. The number of amides is 1. The van der Waals surface area contributed by atoms with E-state index < -0.39 is 0 Å². The van der Waals surface area contributed by atoms with E-state index in [1.165, 1.54) is 0 Å². The first-order valence-corrected chi connectivity index (χ1v) is 6.48. The number of hydrogen-bond donors (Lipinski definition) is 1. The molecule has 21 heavy (non-hydrogen) atoms. The molecule has 0 saturated carbocycles. The zero-order chi connectivity index (χ0) is 14.8. The molecular weight excluding hydrogens is 264 g/mol. The van der Waals surface area contributed by atoms with Crippen LogP contribution in [0.3, 0.4) is 0 Å². The lowest BCUT2D eigenvalue weighted by molar-refractivity contribution is 0.102. The maximum Gasteiger partial charge on any atom is 0.259 e. The van der Waals surface area contributed by atoms with Crippen LogP contribution in [0.1, 0.15) is 21.7 Å². The van der Waals surface area contributed by atoms with Crippen molar-refractivity contribution < 1.29 is 9.21 Å². The number of furan rings is 1. The van der Waals surface area contributed by atoms with E-state index in [0.717, 1.165) is 5.39 Å². The van der Waals surface area contributed by atoms with Crippen LogP contribution >= 0.6 is 0 Å². The van der Waals surface area contributed by atoms with E-state index in [9.17, 15) is 4.79 Å². The molecule has 1 heterocycles. The van der Waals surface area contributed by atoms with Crippen molar-refractivity contribution in [3.63, 3.8) is 0 Å². The molecule has 0 aliphatic rings. The van der Waals surface area contributed by atoms with Gasteiger partial charge >= 0.3 is 0 Å². The lowest BCUT2D eigenvalue weighted by atomic mass is 10.1. The van der Waals surface area contributed by atoms with E-state index in [4.69, 9.17) is 9.68 Å². The van der Waals surface area contributed by atoms with Crippen LogP contribution in [0, 0.1) is 18.3 Å². The molecule has 0 atom stereocenters. The molecule has 0 saturated heterocycles. The molecule has 3 aromatic rings. The van der Waals surface area contributed by atoms with Gasteiger partial charge in [-0.05, 0) is 37.3 Å². The second-order valence-corrected chi connectivity index (χ2v) is 4.67. The Hall–Kier alpha value is -3.06. The van der Waals surface area contributed by atoms with Crippen LogP contribution in [0.4, 0.5) is 5.69 Å². The molecule has 1 N–H and O–H groups in total. The molecule has 1 amide bonds. The minimum absolute atomic E-state index is 0.220. The topological polar surface area (TPSA) is 66.0 Å². The number of aryl methyl sites for hydroxylation is 1. The van der Waals surface area contributed by atoms with Gasteiger partial charge in [0.1, 0.15) is 11.3 Å². The van der Waals surface area contributed by atoms with Gasteiger partial charge in [-0.2, -0.15) is 5.26 Å². The van der Waals surface area contributed by atoms with Crippen molar-refractivity contribution >= 4 is 22.6 Å². The zero-order valence-corrected chi connectivity index (χ0v) is 11.4. The summed E-state index contributed by atoms with van der Waals surface area (Å²) in [4.78, 5) is 12.4. The maximum absolute atomic E-state index is 12.4. The van der Waals surface area contributed by atoms with Gasteiger partial charge in [0.25, 0.3) is 5.91 Å². The molecule has 0 aliphatic heterocycles. The van der Waals surface area contributed by atoms with E-state index >= 15 is 0 Å². The van der Waals surface area contributed by atoms with Crippen molar-refractivity contribution in [1.82, 2.24) is 0 Å². The summed E-state index contributed by atoms with van der Waals surface area (Å²) in [6.45, 7) is 1.77. The predicted molar refractivity (Wildman–Crippen MR) is 80.1 cm³/mol. The van der Waals surface area contributed by atoms with Crippen LogP contribution in [0.25, 0.3) is 11.0 Å². The summed E-state index contributed by atoms with van der Waals surface area (Å²) >= 11 is 0. The van der Waals surface area contributed by atoms with Crippen LogP contribution in [0.15, 0.2) is 52.9 Å². The predicted octanol–water partition coefficient (Wildman–Crippen LogP) is 3.87. The highest BCUT2D eigenvalue weighted by Crippen LogP contribution is 2.26. The molecule has 4 nitrogen and oxygen atoms in total. The smallest absolute Gasteiger partial charge is 0.259 e. The number of nitrogens with zero attached hydrogens (tertiary/aromatic N) is 1. The molecule has 1 aromatic heterocycles. The maximum atomic E-state index is 12.4. The monoisotopic (exact) mass is 276 g/mol. The number of carbonyl (C=O) groups is 1. The van der Waals surface area contributed by atoms with Gasteiger partial charge in [-0.1, -0.05) is 18.2 Å². The quantitative estimate of drug-likeness (QED) is 0.772. The second kappa shape index (κ2) is 5.14. The number of nitrogens with one attached hydrogen (secondary N) is 1. The van der Waals surface area contributed by atoms with Crippen LogP contribution < -0.4 is 5.32 Å². The Bertz CT molecular complexity index is 855. The SMILES string of the molecule is Cc1oc2ccccc2c1C(=O)Nc1ccc(C#N)cc1. The summed E-state index contributed by atoms with van der Waals surface area (Å²) in [6, 6.07) is 16.2. The van der Waals surface area contributed by atoms with Crippen LogP contribution in [0.5, 0.6) is 0 Å². The summed E-state index contributed by atoms with van der Waals surface area (Å²) < 4.78 is 5.59. The third-order valence-corrected chi connectivity index (χ3v) is 3.27. The Labute approximate surface area is 121 Å². The zero-order valence-electron chi connectivity index (χ0n) is 11.4.